The Labute approximate surface area is 157 Å². The number of benzene rings is 1. The highest BCUT2D eigenvalue weighted by atomic mass is 35.5. The van der Waals surface area contributed by atoms with Crippen LogP contribution in [0.5, 0.6) is 0 Å². The topological polar surface area (TPSA) is 65.5 Å². The fourth-order valence-corrected chi connectivity index (χ4v) is 3.07. The van der Waals surface area contributed by atoms with Gasteiger partial charge in [0, 0.05) is 50.6 Å². The number of anilines is 2. The molecule has 3 rings (SSSR count). The largest absolute Gasteiger partial charge is 0.353 e. The summed E-state index contributed by atoms with van der Waals surface area (Å²) in [7, 11) is 0. The molecule has 1 saturated heterocycles. The first-order chi connectivity index (χ1) is 12.4. The molecule has 136 valence electrons. The Morgan fingerprint density at radius 3 is 2.46 bits per heavy atom. The second-order valence-corrected chi connectivity index (χ2v) is 6.76. The Hall–Kier alpha value is -2.60. The van der Waals surface area contributed by atoms with E-state index in [1.54, 1.807) is 18.3 Å². The molecule has 1 aromatic heterocycles. The standard InChI is InChI=1S/C19H21ClN4O2/c1-13-3-4-15(11-17(13)22-14(2)25)19(26)24-9-7-23(8-10-24)18-6-5-16(20)12-21-18/h3-6,11-12H,7-10H2,1-2H3,(H,22,25). The number of carbonyl (C=O) groups is 2. The lowest BCUT2D eigenvalue weighted by Crippen LogP contribution is -2.49. The van der Waals surface area contributed by atoms with E-state index in [1.807, 2.05) is 30.0 Å². The molecule has 6 nitrogen and oxygen atoms in total. The third kappa shape index (κ3) is 4.14. The molecule has 0 unspecified atom stereocenters. The molecule has 2 aromatic rings. The van der Waals surface area contributed by atoms with Crippen LogP contribution in [0.1, 0.15) is 22.8 Å². The van der Waals surface area contributed by atoms with Gasteiger partial charge in [-0.2, -0.15) is 0 Å². The maximum atomic E-state index is 12.8. The normalized spacial score (nSPS) is 14.3. The molecule has 0 spiro atoms. The minimum atomic E-state index is -0.151. The van der Waals surface area contributed by atoms with Crippen molar-refractivity contribution in [3.8, 4) is 0 Å². The number of nitrogens with one attached hydrogen (secondary N) is 1. The predicted molar refractivity (Wildman–Crippen MR) is 103 cm³/mol. The van der Waals surface area contributed by atoms with Crippen LogP contribution >= 0.6 is 11.6 Å². The first-order valence-corrected chi connectivity index (χ1v) is 8.86. The lowest BCUT2D eigenvalue weighted by atomic mass is 10.1. The zero-order valence-corrected chi connectivity index (χ0v) is 15.6. The van der Waals surface area contributed by atoms with Crippen molar-refractivity contribution in [3.05, 3.63) is 52.7 Å². The number of halogens is 1. The number of pyridine rings is 1. The van der Waals surface area contributed by atoms with Crippen molar-refractivity contribution >= 4 is 34.9 Å². The molecule has 26 heavy (non-hydrogen) atoms. The van der Waals surface area contributed by atoms with Crippen LogP contribution in [0.15, 0.2) is 36.5 Å². The van der Waals surface area contributed by atoms with Crippen LogP contribution in [0.25, 0.3) is 0 Å². The summed E-state index contributed by atoms with van der Waals surface area (Å²) in [6.45, 7) is 6.02. The van der Waals surface area contributed by atoms with Crippen LogP contribution in [0.2, 0.25) is 5.02 Å². The number of nitrogens with zero attached hydrogens (tertiary/aromatic N) is 3. The molecule has 7 heteroatoms. The smallest absolute Gasteiger partial charge is 0.254 e. The van der Waals surface area contributed by atoms with E-state index in [4.69, 9.17) is 11.6 Å². The summed E-state index contributed by atoms with van der Waals surface area (Å²) in [6.07, 6.45) is 1.63. The number of piperazine rings is 1. The van der Waals surface area contributed by atoms with Gasteiger partial charge in [-0.05, 0) is 36.8 Å². The van der Waals surface area contributed by atoms with Gasteiger partial charge in [-0.15, -0.1) is 0 Å². The molecule has 1 fully saturated rings. The van der Waals surface area contributed by atoms with Gasteiger partial charge < -0.3 is 15.1 Å². The Bertz CT molecular complexity index is 815. The van der Waals surface area contributed by atoms with Crippen LogP contribution in [0, 0.1) is 6.92 Å². The first kappa shape index (κ1) is 18.2. The monoisotopic (exact) mass is 372 g/mol. The molecule has 1 N–H and O–H groups in total. The van der Waals surface area contributed by atoms with Gasteiger partial charge in [0.1, 0.15) is 5.82 Å². The number of carbonyl (C=O) groups excluding carboxylic acids is 2. The highest BCUT2D eigenvalue weighted by Crippen LogP contribution is 2.20. The highest BCUT2D eigenvalue weighted by molar-refractivity contribution is 6.30. The zero-order chi connectivity index (χ0) is 18.7. The number of rotatable bonds is 3. The van der Waals surface area contributed by atoms with Crippen molar-refractivity contribution < 1.29 is 9.59 Å². The Balaban J connectivity index is 1.66. The maximum absolute atomic E-state index is 12.8. The molecular weight excluding hydrogens is 352 g/mol. The quantitative estimate of drug-likeness (QED) is 0.899. The van der Waals surface area contributed by atoms with Crippen molar-refractivity contribution in [3.63, 3.8) is 0 Å². The SMILES string of the molecule is CC(=O)Nc1cc(C(=O)N2CCN(c3ccc(Cl)cn3)CC2)ccc1C. The fourth-order valence-electron chi connectivity index (χ4n) is 2.96. The predicted octanol–water partition coefficient (Wildman–Crippen LogP) is 2.96. The molecule has 0 atom stereocenters. The van der Waals surface area contributed by atoms with Crippen molar-refractivity contribution in [2.24, 2.45) is 0 Å². The van der Waals surface area contributed by atoms with Gasteiger partial charge >= 0.3 is 0 Å². The summed E-state index contributed by atoms with van der Waals surface area (Å²) in [4.78, 5) is 32.4. The van der Waals surface area contributed by atoms with Crippen LogP contribution in [-0.2, 0) is 4.79 Å². The summed E-state index contributed by atoms with van der Waals surface area (Å²) in [5.74, 6) is 0.687. The van der Waals surface area contributed by atoms with E-state index in [2.05, 4.69) is 15.2 Å². The van der Waals surface area contributed by atoms with E-state index >= 15 is 0 Å². The Morgan fingerprint density at radius 2 is 1.85 bits per heavy atom. The second kappa shape index (κ2) is 7.74. The first-order valence-electron chi connectivity index (χ1n) is 8.48. The van der Waals surface area contributed by atoms with Crippen LogP contribution < -0.4 is 10.2 Å². The summed E-state index contributed by atoms with van der Waals surface area (Å²) in [6, 6.07) is 9.10. The van der Waals surface area contributed by atoms with Gasteiger partial charge in [-0.1, -0.05) is 17.7 Å². The Kier molecular flexibility index (Phi) is 5.42. The molecule has 1 aromatic carbocycles. The van der Waals surface area contributed by atoms with E-state index in [-0.39, 0.29) is 11.8 Å². The summed E-state index contributed by atoms with van der Waals surface area (Å²) >= 11 is 5.88. The minimum Gasteiger partial charge on any atom is -0.353 e. The van der Waals surface area contributed by atoms with Gasteiger partial charge in [-0.25, -0.2) is 4.98 Å². The molecule has 0 radical (unpaired) electrons. The van der Waals surface area contributed by atoms with Gasteiger partial charge in [0.05, 0.1) is 5.02 Å². The lowest BCUT2D eigenvalue weighted by Gasteiger charge is -2.35. The summed E-state index contributed by atoms with van der Waals surface area (Å²) in [5, 5.41) is 3.38. The van der Waals surface area contributed by atoms with Crippen molar-refractivity contribution in [1.82, 2.24) is 9.88 Å². The number of amides is 2. The zero-order valence-electron chi connectivity index (χ0n) is 14.8. The molecule has 2 heterocycles. The highest BCUT2D eigenvalue weighted by Gasteiger charge is 2.23. The van der Waals surface area contributed by atoms with E-state index in [0.717, 1.165) is 11.4 Å². The fraction of sp³-hybridized carbons (Fsp3) is 0.316. The maximum Gasteiger partial charge on any atom is 0.254 e. The molecule has 1 aliphatic heterocycles. The lowest BCUT2D eigenvalue weighted by molar-refractivity contribution is -0.114. The van der Waals surface area contributed by atoms with Gasteiger partial charge in [0.2, 0.25) is 5.91 Å². The molecule has 0 aliphatic carbocycles. The molecular formula is C19H21ClN4O2. The van der Waals surface area contributed by atoms with Crippen molar-refractivity contribution in [2.45, 2.75) is 13.8 Å². The molecule has 2 amide bonds. The van der Waals surface area contributed by atoms with E-state index in [1.165, 1.54) is 6.92 Å². The van der Waals surface area contributed by atoms with Crippen molar-refractivity contribution in [2.75, 3.05) is 36.4 Å². The van der Waals surface area contributed by atoms with E-state index < -0.39 is 0 Å². The van der Waals surface area contributed by atoms with Crippen LogP contribution in [-0.4, -0.2) is 47.9 Å². The summed E-state index contributed by atoms with van der Waals surface area (Å²) < 4.78 is 0. The third-order valence-electron chi connectivity index (χ3n) is 4.40. The van der Waals surface area contributed by atoms with Gasteiger partial charge in [0.25, 0.3) is 5.91 Å². The number of hydrogen-bond donors (Lipinski definition) is 1. The van der Waals surface area contributed by atoms with Crippen molar-refractivity contribution in [1.29, 1.82) is 0 Å². The number of hydrogen-bond acceptors (Lipinski definition) is 4. The Morgan fingerprint density at radius 1 is 1.12 bits per heavy atom. The molecule has 0 bridgehead atoms. The number of aryl methyl sites for hydroxylation is 1. The van der Waals surface area contributed by atoms with Crippen LogP contribution in [0.3, 0.4) is 0 Å². The van der Waals surface area contributed by atoms with Gasteiger partial charge in [-0.3, -0.25) is 9.59 Å². The third-order valence-corrected chi connectivity index (χ3v) is 4.62. The number of aromatic nitrogens is 1. The minimum absolute atomic E-state index is 0.0275. The summed E-state index contributed by atoms with van der Waals surface area (Å²) in [5.41, 5.74) is 2.18. The van der Waals surface area contributed by atoms with Crippen LogP contribution in [0.4, 0.5) is 11.5 Å². The van der Waals surface area contributed by atoms with E-state index in [9.17, 15) is 9.59 Å². The molecule has 0 saturated carbocycles. The van der Waals surface area contributed by atoms with Gasteiger partial charge in [0.15, 0.2) is 0 Å². The second-order valence-electron chi connectivity index (χ2n) is 6.32. The average Bonchev–Trinajstić information content (AvgIpc) is 2.63. The average molecular weight is 373 g/mol. The van der Waals surface area contributed by atoms with E-state index in [0.29, 0.717) is 42.5 Å². The molecule has 1 aliphatic rings.